The quantitative estimate of drug-likeness (QED) is 0.747. The first-order chi connectivity index (χ1) is 11.9. The van der Waals surface area contributed by atoms with Crippen molar-refractivity contribution in [3.63, 3.8) is 0 Å². The van der Waals surface area contributed by atoms with Crippen molar-refractivity contribution in [1.29, 1.82) is 0 Å². The van der Waals surface area contributed by atoms with Gasteiger partial charge >= 0.3 is 0 Å². The average molecular weight is 319 g/mol. The molecule has 1 fully saturated rings. The average Bonchev–Trinajstić information content (AvgIpc) is 3.10. The van der Waals surface area contributed by atoms with Crippen molar-refractivity contribution >= 4 is 10.9 Å². The molecule has 0 spiro atoms. The molecule has 2 N–H and O–H groups in total. The fourth-order valence-electron chi connectivity index (χ4n) is 3.60. The summed E-state index contributed by atoms with van der Waals surface area (Å²) in [6.45, 7) is 4.40. The molecule has 0 aliphatic carbocycles. The zero-order valence-corrected chi connectivity index (χ0v) is 14.0. The van der Waals surface area contributed by atoms with Crippen LogP contribution in [0.15, 0.2) is 60.8 Å². The maximum atomic E-state index is 3.74. The van der Waals surface area contributed by atoms with E-state index < -0.39 is 0 Å². The maximum absolute atomic E-state index is 3.74. The highest BCUT2D eigenvalue weighted by Crippen LogP contribution is 2.16. The molecule has 0 bridgehead atoms. The summed E-state index contributed by atoms with van der Waals surface area (Å²) in [5, 5.41) is 5.02. The van der Waals surface area contributed by atoms with Crippen molar-refractivity contribution in [3.05, 3.63) is 71.9 Å². The first-order valence-electron chi connectivity index (χ1n) is 8.92. The minimum Gasteiger partial charge on any atom is -0.361 e. The molecule has 2 aromatic carbocycles. The molecule has 1 aliphatic heterocycles. The van der Waals surface area contributed by atoms with Crippen LogP contribution in [0.3, 0.4) is 0 Å². The van der Waals surface area contributed by atoms with Crippen LogP contribution in [-0.4, -0.2) is 29.0 Å². The molecule has 0 amide bonds. The molecule has 4 rings (SSSR count). The van der Waals surface area contributed by atoms with Gasteiger partial charge < -0.3 is 10.3 Å². The summed E-state index contributed by atoms with van der Waals surface area (Å²) in [5.74, 6) is 0. The van der Waals surface area contributed by atoms with Crippen molar-refractivity contribution in [3.8, 4) is 0 Å². The summed E-state index contributed by atoms with van der Waals surface area (Å²) in [6, 6.07) is 20.2. The van der Waals surface area contributed by atoms with E-state index in [2.05, 4.69) is 69.8 Å². The Morgan fingerprint density at radius 3 is 2.62 bits per heavy atom. The lowest BCUT2D eigenvalue weighted by molar-refractivity contribution is 0.190. The number of fused-ring (bicyclic) bond motifs is 1. The Labute approximate surface area is 143 Å². The van der Waals surface area contributed by atoms with Crippen LogP contribution in [-0.2, 0) is 13.1 Å². The highest BCUT2D eigenvalue weighted by Gasteiger charge is 2.18. The Morgan fingerprint density at radius 2 is 1.79 bits per heavy atom. The first kappa shape index (κ1) is 15.4. The van der Waals surface area contributed by atoms with Gasteiger partial charge in [-0.1, -0.05) is 42.5 Å². The monoisotopic (exact) mass is 319 g/mol. The predicted octanol–water partition coefficient (Wildman–Crippen LogP) is 3.92. The Kier molecular flexibility index (Phi) is 4.63. The van der Waals surface area contributed by atoms with Crippen molar-refractivity contribution in [2.45, 2.75) is 32.0 Å². The van der Waals surface area contributed by atoms with E-state index in [1.54, 1.807) is 0 Å². The summed E-state index contributed by atoms with van der Waals surface area (Å²) in [6.07, 6.45) is 4.47. The Bertz CT molecular complexity index is 770. The Balaban J connectivity index is 1.25. The Hall–Kier alpha value is -2.10. The van der Waals surface area contributed by atoms with Crippen LogP contribution in [0, 0.1) is 0 Å². The van der Waals surface area contributed by atoms with Crippen molar-refractivity contribution in [2.24, 2.45) is 0 Å². The number of likely N-dealkylation sites (tertiary alicyclic amines) is 1. The Morgan fingerprint density at radius 1 is 0.958 bits per heavy atom. The van der Waals surface area contributed by atoms with E-state index in [4.69, 9.17) is 0 Å². The van der Waals surface area contributed by atoms with Crippen LogP contribution in [0.2, 0.25) is 0 Å². The van der Waals surface area contributed by atoms with E-state index in [-0.39, 0.29) is 0 Å². The molecule has 0 unspecified atom stereocenters. The molecule has 1 saturated heterocycles. The number of H-pyrrole nitrogens is 1. The SMILES string of the molecule is c1ccc(CN2CCC(NCc3ccc4cc[nH]c4c3)CC2)cc1. The second-order valence-corrected chi connectivity index (χ2v) is 6.82. The number of hydrogen-bond acceptors (Lipinski definition) is 2. The molecule has 24 heavy (non-hydrogen) atoms. The number of hydrogen-bond donors (Lipinski definition) is 2. The lowest BCUT2D eigenvalue weighted by Gasteiger charge is -2.32. The van der Waals surface area contributed by atoms with Gasteiger partial charge in [0, 0.05) is 30.8 Å². The van der Waals surface area contributed by atoms with Crippen LogP contribution < -0.4 is 5.32 Å². The third kappa shape index (κ3) is 3.69. The van der Waals surface area contributed by atoms with Gasteiger partial charge in [0.1, 0.15) is 0 Å². The van der Waals surface area contributed by atoms with E-state index in [1.165, 1.54) is 48.0 Å². The molecule has 0 radical (unpaired) electrons. The van der Waals surface area contributed by atoms with Gasteiger partial charge in [0.25, 0.3) is 0 Å². The van der Waals surface area contributed by atoms with Gasteiger partial charge in [-0.15, -0.1) is 0 Å². The molecular formula is C21H25N3. The zero-order chi connectivity index (χ0) is 16.2. The maximum Gasteiger partial charge on any atom is 0.0457 e. The number of rotatable bonds is 5. The van der Waals surface area contributed by atoms with Gasteiger partial charge in [-0.3, -0.25) is 4.90 Å². The van der Waals surface area contributed by atoms with Crippen molar-refractivity contribution < 1.29 is 0 Å². The summed E-state index contributed by atoms with van der Waals surface area (Å²) in [5.41, 5.74) is 4.01. The standard InChI is InChI=1S/C21H25N3/c1-2-4-17(5-3-1)16-24-12-9-20(10-13-24)23-15-18-6-7-19-8-11-22-21(19)14-18/h1-8,11,14,20,22-23H,9-10,12-13,15-16H2. The van der Waals surface area contributed by atoms with Crippen LogP contribution in [0.5, 0.6) is 0 Å². The van der Waals surface area contributed by atoms with Gasteiger partial charge in [0.2, 0.25) is 0 Å². The number of piperidine rings is 1. The highest BCUT2D eigenvalue weighted by atomic mass is 15.1. The van der Waals surface area contributed by atoms with Crippen LogP contribution in [0.4, 0.5) is 0 Å². The molecule has 2 heterocycles. The smallest absolute Gasteiger partial charge is 0.0457 e. The number of nitrogens with one attached hydrogen (secondary N) is 2. The normalized spacial score (nSPS) is 16.7. The molecule has 3 heteroatoms. The zero-order valence-electron chi connectivity index (χ0n) is 14.0. The van der Waals surface area contributed by atoms with Gasteiger partial charge in [-0.2, -0.15) is 0 Å². The minimum atomic E-state index is 0.636. The molecule has 0 saturated carbocycles. The summed E-state index contributed by atoms with van der Waals surface area (Å²) in [7, 11) is 0. The van der Waals surface area contributed by atoms with Crippen molar-refractivity contribution in [2.75, 3.05) is 13.1 Å². The molecule has 3 aromatic rings. The first-order valence-corrected chi connectivity index (χ1v) is 8.92. The molecule has 3 nitrogen and oxygen atoms in total. The van der Waals surface area contributed by atoms with Gasteiger partial charge in [-0.05, 0) is 54.6 Å². The van der Waals surface area contributed by atoms with Gasteiger partial charge in [-0.25, -0.2) is 0 Å². The largest absolute Gasteiger partial charge is 0.361 e. The molecule has 1 aromatic heterocycles. The van der Waals surface area contributed by atoms with Gasteiger partial charge in [0.15, 0.2) is 0 Å². The van der Waals surface area contributed by atoms with E-state index in [9.17, 15) is 0 Å². The number of benzene rings is 2. The topological polar surface area (TPSA) is 31.1 Å². The summed E-state index contributed by atoms with van der Waals surface area (Å²) < 4.78 is 0. The van der Waals surface area contributed by atoms with Crippen LogP contribution in [0.25, 0.3) is 10.9 Å². The second kappa shape index (κ2) is 7.20. The van der Waals surface area contributed by atoms with Gasteiger partial charge in [0.05, 0.1) is 0 Å². The van der Waals surface area contributed by atoms with E-state index in [0.717, 1.165) is 13.1 Å². The van der Waals surface area contributed by atoms with Crippen LogP contribution >= 0.6 is 0 Å². The second-order valence-electron chi connectivity index (χ2n) is 6.82. The van der Waals surface area contributed by atoms with Crippen molar-refractivity contribution in [1.82, 2.24) is 15.2 Å². The lowest BCUT2D eigenvalue weighted by Crippen LogP contribution is -2.41. The fraction of sp³-hybridized carbons (Fsp3) is 0.333. The van der Waals surface area contributed by atoms with E-state index in [1.807, 2.05) is 6.20 Å². The third-order valence-corrected chi connectivity index (χ3v) is 5.05. The number of nitrogens with zero attached hydrogens (tertiary/aromatic N) is 1. The predicted molar refractivity (Wildman–Crippen MR) is 99.9 cm³/mol. The minimum absolute atomic E-state index is 0.636. The summed E-state index contributed by atoms with van der Waals surface area (Å²) >= 11 is 0. The molecule has 1 aliphatic rings. The van der Waals surface area contributed by atoms with E-state index >= 15 is 0 Å². The molecule has 124 valence electrons. The number of aromatic amines is 1. The lowest BCUT2D eigenvalue weighted by atomic mass is 10.0. The number of aromatic nitrogens is 1. The third-order valence-electron chi connectivity index (χ3n) is 5.05. The molecule has 0 atom stereocenters. The fourth-order valence-corrected chi connectivity index (χ4v) is 3.60. The summed E-state index contributed by atoms with van der Waals surface area (Å²) in [4.78, 5) is 5.86. The highest BCUT2D eigenvalue weighted by molar-refractivity contribution is 5.79. The molecular weight excluding hydrogens is 294 g/mol. The van der Waals surface area contributed by atoms with E-state index in [0.29, 0.717) is 6.04 Å². The van der Waals surface area contributed by atoms with Crippen LogP contribution in [0.1, 0.15) is 24.0 Å².